The van der Waals surface area contributed by atoms with Crippen molar-refractivity contribution in [3.63, 3.8) is 0 Å². The van der Waals surface area contributed by atoms with E-state index in [9.17, 15) is 4.79 Å². The largest absolute Gasteiger partial charge is 0.337 e. The number of amides is 1. The number of hydrogen-bond donors (Lipinski definition) is 0. The Hall–Kier alpha value is -2.61. The molecule has 2 nitrogen and oxygen atoms in total. The summed E-state index contributed by atoms with van der Waals surface area (Å²) in [6.45, 7) is 2.77. The lowest BCUT2D eigenvalue weighted by Crippen LogP contribution is -2.26. The third-order valence-electron chi connectivity index (χ3n) is 4.29. The Morgan fingerprint density at radius 1 is 0.875 bits per heavy atom. The topological polar surface area (TPSA) is 20.3 Å². The summed E-state index contributed by atoms with van der Waals surface area (Å²) in [7, 11) is 1.87. The van der Waals surface area contributed by atoms with Crippen LogP contribution in [0.4, 0.5) is 0 Å². The number of carbonyl (C=O) groups is 1. The van der Waals surface area contributed by atoms with Gasteiger partial charge in [0.15, 0.2) is 0 Å². The molecular weight excluding hydrogens is 294 g/mol. The Morgan fingerprint density at radius 3 is 2.46 bits per heavy atom. The first-order valence-corrected chi connectivity index (χ1v) is 8.49. The highest BCUT2D eigenvalue weighted by Crippen LogP contribution is 2.17. The quantitative estimate of drug-likeness (QED) is 0.644. The molecule has 0 aliphatic heterocycles. The average molecular weight is 317 g/mol. The Balaban J connectivity index is 1.76. The molecule has 0 heterocycles. The summed E-state index contributed by atoms with van der Waals surface area (Å²) in [6, 6.07) is 22.6. The fourth-order valence-electron chi connectivity index (χ4n) is 3.05. The summed E-state index contributed by atoms with van der Waals surface area (Å²) in [5.41, 5.74) is 3.14. The lowest BCUT2D eigenvalue weighted by Gasteiger charge is -2.18. The van der Waals surface area contributed by atoms with E-state index in [1.54, 1.807) is 4.90 Å². The van der Waals surface area contributed by atoms with Gasteiger partial charge in [-0.25, -0.2) is 0 Å². The van der Waals surface area contributed by atoms with Crippen LogP contribution in [-0.4, -0.2) is 17.9 Å². The van der Waals surface area contributed by atoms with Crippen molar-refractivity contribution in [2.24, 2.45) is 0 Å². The summed E-state index contributed by atoms with van der Waals surface area (Å²) in [4.78, 5) is 14.5. The van der Waals surface area contributed by atoms with E-state index in [0.29, 0.717) is 6.54 Å². The Kier molecular flexibility index (Phi) is 4.95. The van der Waals surface area contributed by atoms with Crippen LogP contribution >= 0.6 is 0 Å². The highest BCUT2D eigenvalue weighted by molar-refractivity contribution is 5.94. The van der Waals surface area contributed by atoms with Gasteiger partial charge in [0, 0.05) is 19.2 Å². The van der Waals surface area contributed by atoms with Gasteiger partial charge >= 0.3 is 0 Å². The van der Waals surface area contributed by atoms with Gasteiger partial charge in [0.2, 0.25) is 0 Å². The molecule has 24 heavy (non-hydrogen) atoms. The molecule has 122 valence electrons. The van der Waals surface area contributed by atoms with Crippen molar-refractivity contribution >= 4 is 16.7 Å². The second kappa shape index (κ2) is 7.31. The van der Waals surface area contributed by atoms with Crippen LogP contribution in [0.1, 0.15) is 34.8 Å². The van der Waals surface area contributed by atoms with Crippen LogP contribution in [-0.2, 0) is 13.0 Å². The van der Waals surface area contributed by atoms with Gasteiger partial charge in [0.05, 0.1) is 0 Å². The molecular formula is C22H23NO. The normalized spacial score (nSPS) is 10.8. The number of hydrogen-bond acceptors (Lipinski definition) is 1. The predicted octanol–water partition coefficient (Wildman–Crippen LogP) is 5.06. The van der Waals surface area contributed by atoms with Crippen LogP contribution in [0.2, 0.25) is 0 Å². The molecule has 0 spiro atoms. The molecule has 0 fully saturated rings. The summed E-state index contributed by atoms with van der Waals surface area (Å²) in [5.74, 6) is 0.0705. The zero-order chi connectivity index (χ0) is 16.9. The van der Waals surface area contributed by atoms with Gasteiger partial charge in [-0.3, -0.25) is 4.79 Å². The summed E-state index contributed by atoms with van der Waals surface area (Å²) >= 11 is 0. The Labute approximate surface area is 143 Å². The predicted molar refractivity (Wildman–Crippen MR) is 100 cm³/mol. The fourth-order valence-corrected chi connectivity index (χ4v) is 3.05. The molecule has 0 bridgehead atoms. The minimum atomic E-state index is 0.0705. The molecule has 0 unspecified atom stereocenters. The third-order valence-corrected chi connectivity index (χ3v) is 4.29. The van der Waals surface area contributed by atoms with Gasteiger partial charge in [-0.15, -0.1) is 0 Å². The molecule has 0 aromatic heterocycles. The highest BCUT2D eigenvalue weighted by Gasteiger charge is 2.12. The minimum absolute atomic E-state index is 0.0705. The molecule has 0 atom stereocenters. The summed E-state index contributed by atoms with van der Waals surface area (Å²) in [5, 5.41) is 2.43. The lowest BCUT2D eigenvalue weighted by molar-refractivity contribution is 0.0785. The first-order chi connectivity index (χ1) is 11.7. The molecule has 3 aromatic carbocycles. The van der Waals surface area contributed by atoms with E-state index < -0.39 is 0 Å². The number of nitrogens with zero attached hydrogens (tertiary/aromatic N) is 1. The minimum Gasteiger partial charge on any atom is -0.337 e. The maximum atomic E-state index is 12.7. The number of carbonyl (C=O) groups excluding carboxylic acids is 1. The number of fused-ring (bicyclic) bond motifs is 1. The average Bonchev–Trinajstić information content (AvgIpc) is 2.61. The Bertz CT molecular complexity index is 853. The molecule has 0 radical (unpaired) electrons. The van der Waals surface area contributed by atoms with Crippen molar-refractivity contribution < 1.29 is 4.79 Å². The van der Waals surface area contributed by atoms with Gasteiger partial charge in [0.25, 0.3) is 5.91 Å². The molecule has 0 saturated carbocycles. The van der Waals surface area contributed by atoms with Crippen LogP contribution in [0, 0.1) is 0 Å². The fraction of sp³-hybridized carbons (Fsp3) is 0.227. The lowest BCUT2D eigenvalue weighted by atomic mass is 10.0. The third kappa shape index (κ3) is 3.65. The molecule has 3 rings (SSSR count). The van der Waals surface area contributed by atoms with Crippen LogP contribution < -0.4 is 0 Å². The first-order valence-electron chi connectivity index (χ1n) is 8.49. The van der Waals surface area contributed by atoms with Crippen molar-refractivity contribution in [1.29, 1.82) is 0 Å². The molecule has 0 aliphatic rings. The monoisotopic (exact) mass is 317 g/mol. The summed E-state index contributed by atoms with van der Waals surface area (Å²) < 4.78 is 0. The van der Waals surface area contributed by atoms with Crippen LogP contribution in [0.15, 0.2) is 66.7 Å². The van der Waals surface area contributed by atoms with E-state index in [1.807, 2.05) is 37.4 Å². The molecule has 1 amide bonds. The van der Waals surface area contributed by atoms with Crippen molar-refractivity contribution in [2.45, 2.75) is 26.3 Å². The van der Waals surface area contributed by atoms with E-state index in [0.717, 1.165) is 24.0 Å². The van der Waals surface area contributed by atoms with Gasteiger partial charge in [-0.2, -0.15) is 0 Å². The van der Waals surface area contributed by atoms with E-state index in [4.69, 9.17) is 0 Å². The van der Waals surface area contributed by atoms with Crippen LogP contribution in [0.5, 0.6) is 0 Å². The smallest absolute Gasteiger partial charge is 0.253 e. The van der Waals surface area contributed by atoms with Crippen molar-refractivity contribution in [1.82, 2.24) is 4.90 Å². The second-order valence-electron chi connectivity index (χ2n) is 6.29. The molecule has 2 heteroatoms. The summed E-state index contributed by atoms with van der Waals surface area (Å²) in [6.07, 6.45) is 2.10. The zero-order valence-electron chi connectivity index (χ0n) is 14.3. The van der Waals surface area contributed by atoms with Crippen molar-refractivity contribution in [2.75, 3.05) is 7.05 Å². The highest BCUT2D eigenvalue weighted by atomic mass is 16.2. The number of benzene rings is 3. The SMILES string of the molecule is CCCc1cccc(C(=O)N(C)Cc2ccc3ccccc3c2)c1. The van der Waals surface area contributed by atoms with Gasteiger partial charge < -0.3 is 4.90 Å². The van der Waals surface area contributed by atoms with E-state index in [2.05, 4.69) is 43.3 Å². The van der Waals surface area contributed by atoms with Crippen molar-refractivity contribution in [3.05, 3.63) is 83.4 Å². The molecule has 3 aromatic rings. The van der Waals surface area contributed by atoms with E-state index in [-0.39, 0.29) is 5.91 Å². The van der Waals surface area contributed by atoms with Gasteiger partial charge in [-0.05, 0) is 46.5 Å². The van der Waals surface area contributed by atoms with Crippen molar-refractivity contribution in [3.8, 4) is 0 Å². The molecule has 0 saturated heterocycles. The van der Waals surface area contributed by atoms with Gasteiger partial charge in [-0.1, -0.05) is 61.9 Å². The maximum absolute atomic E-state index is 12.7. The first kappa shape index (κ1) is 16.3. The Morgan fingerprint density at radius 2 is 1.67 bits per heavy atom. The number of rotatable bonds is 5. The molecule has 0 N–H and O–H groups in total. The van der Waals surface area contributed by atoms with E-state index >= 15 is 0 Å². The van der Waals surface area contributed by atoms with Gasteiger partial charge in [0.1, 0.15) is 0 Å². The van der Waals surface area contributed by atoms with Crippen LogP contribution in [0.3, 0.4) is 0 Å². The second-order valence-corrected chi connectivity index (χ2v) is 6.29. The van der Waals surface area contributed by atoms with Crippen LogP contribution in [0.25, 0.3) is 10.8 Å². The standard InChI is InChI=1S/C22H23NO/c1-3-7-17-8-6-11-21(14-17)22(24)23(2)16-18-12-13-19-9-4-5-10-20(19)15-18/h4-6,8-15H,3,7,16H2,1-2H3. The number of aryl methyl sites for hydroxylation is 1. The van der Waals surface area contributed by atoms with E-state index in [1.165, 1.54) is 16.3 Å². The zero-order valence-corrected chi connectivity index (χ0v) is 14.3. The molecule has 0 aliphatic carbocycles. The maximum Gasteiger partial charge on any atom is 0.253 e.